The molecule has 2 aliphatic rings. The van der Waals surface area contributed by atoms with Crippen LogP contribution in [0.15, 0.2) is 10.8 Å². The summed E-state index contributed by atoms with van der Waals surface area (Å²) >= 11 is 3.47. The average molecular weight is 512 g/mol. The van der Waals surface area contributed by atoms with E-state index in [4.69, 9.17) is 9.47 Å². The molecule has 9 nitrogen and oxygen atoms in total. The van der Waals surface area contributed by atoms with Crippen LogP contribution in [0.4, 0.5) is 10.6 Å². The third-order valence-electron chi connectivity index (χ3n) is 5.99. The van der Waals surface area contributed by atoms with Crippen LogP contribution in [0.5, 0.6) is 0 Å². The van der Waals surface area contributed by atoms with Gasteiger partial charge in [-0.3, -0.25) is 4.90 Å². The minimum Gasteiger partial charge on any atom is -0.464 e. The fraction of sp³-hybridized carbons (Fsp3) is 0.727. The van der Waals surface area contributed by atoms with Crippen LogP contribution in [-0.4, -0.2) is 89.3 Å². The predicted octanol–water partition coefficient (Wildman–Crippen LogP) is 3.33. The van der Waals surface area contributed by atoms with Crippen LogP contribution in [0.2, 0.25) is 0 Å². The van der Waals surface area contributed by atoms with Gasteiger partial charge in [-0.15, -0.1) is 0 Å². The van der Waals surface area contributed by atoms with E-state index in [1.165, 1.54) is 13.3 Å². The number of amides is 1. The molecular formula is C22H34BrN5O4. The molecule has 3 rings (SSSR count). The SMILES string of the molecule is CC[C@H]1CN(c2ncc(C(=O)OC)nc2Br)CCN1C1CCN(C(=O)OC(C)(C)C)CC1. The Morgan fingerprint density at radius 2 is 1.88 bits per heavy atom. The maximum atomic E-state index is 12.4. The summed E-state index contributed by atoms with van der Waals surface area (Å²) in [4.78, 5) is 39.5. The van der Waals surface area contributed by atoms with E-state index in [-0.39, 0.29) is 11.8 Å². The van der Waals surface area contributed by atoms with Gasteiger partial charge in [-0.2, -0.15) is 0 Å². The van der Waals surface area contributed by atoms with E-state index in [1.54, 1.807) is 0 Å². The Bertz CT molecular complexity index is 823. The maximum absolute atomic E-state index is 12.4. The van der Waals surface area contributed by atoms with Crippen molar-refractivity contribution in [2.45, 2.75) is 64.6 Å². The second kappa shape index (κ2) is 10.3. The third-order valence-corrected chi connectivity index (χ3v) is 6.52. The highest BCUT2D eigenvalue weighted by Gasteiger charge is 2.35. The molecule has 1 amide bonds. The van der Waals surface area contributed by atoms with Crippen molar-refractivity contribution < 1.29 is 19.1 Å². The zero-order valence-electron chi connectivity index (χ0n) is 19.6. The van der Waals surface area contributed by atoms with Gasteiger partial charge in [0.2, 0.25) is 0 Å². The van der Waals surface area contributed by atoms with Crippen molar-refractivity contribution in [3.8, 4) is 0 Å². The molecule has 32 heavy (non-hydrogen) atoms. The van der Waals surface area contributed by atoms with E-state index in [9.17, 15) is 9.59 Å². The number of halogens is 1. The van der Waals surface area contributed by atoms with Gasteiger partial charge >= 0.3 is 12.1 Å². The van der Waals surface area contributed by atoms with E-state index >= 15 is 0 Å². The Morgan fingerprint density at radius 1 is 1.19 bits per heavy atom. The van der Waals surface area contributed by atoms with Gasteiger partial charge in [-0.25, -0.2) is 19.6 Å². The minimum absolute atomic E-state index is 0.186. The first-order chi connectivity index (χ1) is 15.1. The molecule has 2 saturated heterocycles. The Morgan fingerprint density at radius 3 is 2.44 bits per heavy atom. The Hall–Kier alpha value is -1.94. The zero-order chi connectivity index (χ0) is 23.5. The molecule has 2 aliphatic heterocycles. The normalized spacial score (nSPS) is 20.9. The number of esters is 1. The van der Waals surface area contributed by atoms with Crippen molar-refractivity contribution in [1.29, 1.82) is 0 Å². The molecule has 2 fully saturated rings. The summed E-state index contributed by atoms with van der Waals surface area (Å²) in [5, 5.41) is 0. The standard InChI is InChI=1S/C22H34BrN5O4/c1-6-15-14-27(19-18(23)25-17(13-24-19)20(29)31-5)11-12-28(15)16-7-9-26(10-8-16)21(30)32-22(2,3)4/h13,15-16H,6-12,14H2,1-5H3/t15-/m0/s1. The van der Waals surface area contributed by atoms with Gasteiger partial charge < -0.3 is 19.3 Å². The maximum Gasteiger partial charge on any atom is 0.410 e. The average Bonchev–Trinajstić information content (AvgIpc) is 2.77. The Kier molecular flexibility index (Phi) is 7.97. The highest BCUT2D eigenvalue weighted by atomic mass is 79.9. The first-order valence-electron chi connectivity index (χ1n) is 11.2. The van der Waals surface area contributed by atoms with Gasteiger partial charge in [-0.1, -0.05) is 6.92 Å². The summed E-state index contributed by atoms with van der Waals surface area (Å²) in [7, 11) is 1.33. The van der Waals surface area contributed by atoms with Gasteiger partial charge in [0.15, 0.2) is 11.5 Å². The van der Waals surface area contributed by atoms with Gasteiger partial charge in [0.05, 0.1) is 13.3 Å². The fourth-order valence-electron chi connectivity index (χ4n) is 4.39. The molecule has 178 valence electrons. The monoisotopic (exact) mass is 511 g/mol. The van der Waals surface area contributed by atoms with Gasteiger partial charge in [0.1, 0.15) is 10.2 Å². The summed E-state index contributed by atoms with van der Waals surface area (Å²) in [6, 6.07) is 0.841. The molecule has 3 heterocycles. The predicted molar refractivity (Wildman–Crippen MR) is 125 cm³/mol. The molecule has 0 radical (unpaired) electrons. The Labute approximate surface area is 198 Å². The molecule has 1 aromatic heterocycles. The third kappa shape index (κ3) is 5.89. The largest absolute Gasteiger partial charge is 0.464 e. The molecule has 0 aromatic carbocycles. The smallest absolute Gasteiger partial charge is 0.410 e. The molecular weight excluding hydrogens is 478 g/mol. The molecule has 1 atom stereocenters. The van der Waals surface area contributed by atoms with E-state index in [0.29, 0.717) is 16.7 Å². The van der Waals surface area contributed by atoms with E-state index in [0.717, 1.165) is 57.8 Å². The highest BCUT2D eigenvalue weighted by Crippen LogP contribution is 2.29. The summed E-state index contributed by atoms with van der Waals surface area (Å²) in [6.07, 6.45) is 4.17. The van der Waals surface area contributed by atoms with Crippen LogP contribution in [-0.2, 0) is 9.47 Å². The first-order valence-corrected chi connectivity index (χ1v) is 12.0. The number of rotatable bonds is 4. The molecule has 0 saturated carbocycles. The topological polar surface area (TPSA) is 88.1 Å². The lowest BCUT2D eigenvalue weighted by atomic mass is 9.98. The number of piperazine rings is 1. The van der Waals surface area contributed by atoms with Crippen LogP contribution >= 0.6 is 15.9 Å². The van der Waals surface area contributed by atoms with E-state index < -0.39 is 11.6 Å². The summed E-state index contributed by atoms with van der Waals surface area (Å²) in [6.45, 7) is 11.9. The summed E-state index contributed by atoms with van der Waals surface area (Å²) < 4.78 is 10.8. The number of aromatic nitrogens is 2. The molecule has 1 aromatic rings. The molecule has 0 unspecified atom stereocenters. The number of likely N-dealkylation sites (tertiary alicyclic amines) is 1. The fourth-order valence-corrected chi connectivity index (χ4v) is 4.93. The number of methoxy groups -OCH3 is 1. The number of carbonyl (C=O) groups excluding carboxylic acids is 2. The lowest BCUT2D eigenvalue weighted by Gasteiger charge is -2.47. The summed E-state index contributed by atoms with van der Waals surface area (Å²) in [5.74, 6) is 0.245. The molecule has 0 aliphatic carbocycles. The molecule has 0 bridgehead atoms. The number of piperidine rings is 1. The van der Waals surface area contributed by atoms with Crippen LogP contribution in [0.1, 0.15) is 57.4 Å². The highest BCUT2D eigenvalue weighted by molar-refractivity contribution is 9.10. The van der Waals surface area contributed by atoms with E-state index in [2.05, 4.69) is 42.6 Å². The quantitative estimate of drug-likeness (QED) is 0.568. The number of carbonyl (C=O) groups is 2. The summed E-state index contributed by atoms with van der Waals surface area (Å²) in [5.41, 5.74) is -0.283. The number of hydrogen-bond donors (Lipinski definition) is 0. The van der Waals surface area contributed by atoms with Gasteiger partial charge in [0, 0.05) is 44.8 Å². The van der Waals surface area contributed by atoms with Gasteiger partial charge in [-0.05, 0) is 56.0 Å². The lowest BCUT2D eigenvalue weighted by molar-refractivity contribution is 0.00942. The van der Waals surface area contributed by atoms with Crippen molar-refractivity contribution in [2.75, 3.05) is 44.7 Å². The lowest BCUT2D eigenvalue weighted by Crippen LogP contribution is -2.59. The van der Waals surface area contributed by atoms with Crippen LogP contribution in [0.3, 0.4) is 0 Å². The molecule has 0 N–H and O–H groups in total. The second-order valence-electron chi connectivity index (χ2n) is 9.31. The number of anilines is 1. The van der Waals surface area contributed by atoms with E-state index in [1.807, 2.05) is 25.7 Å². The second-order valence-corrected chi connectivity index (χ2v) is 10.1. The number of nitrogens with zero attached hydrogens (tertiary/aromatic N) is 5. The first kappa shape index (κ1) is 24.7. The van der Waals surface area contributed by atoms with Crippen LogP contribution < -0.4 is 4.90 Å². The van der Waals surface area contributed by atoms with Crippen LogP contribution in [0, 0.1) is 0 Å². The van der Waals surface area contributed by atoms with Crippen molar-refractivity contribution >= 4 is 33.8 Å². The minimum atomic E-state index is -0.501. The van der Waals surface area contributed by atoms with Gasteiger partial charge in [0.25, 0.3) is 0 Å². The van der Waals surface area contributed by atoms with Crippen LogP contribution in [0.25, 0.3) is 0 Å². The molecule has 0 spiro atoms. The van der Waals surface area contributed by atoms with Crippen molar-refractivity contribution in [3.05, 3.63) is 16.5 Å². The van der Waals surface area contributed by atoms with Crippen molar-refractivity contribution in [1.82, 2.24) is 19.8 Å². The molecule has 10 heteroatoms. The number of hydrogen-bond acceptors (Lipinski definition) is 8. The van der Waals surface area contributed by atoms with Crippen molar-refractivity contribution in [3.63, 3.8) is 0 Å². The number of ether oxygens (including phenoxy) is 2. The Balaban J connectivity index is 1.60. The zero-order valence-corrected chi connectivity index (χ0v) is 21.2. The van der Waals surface area contributed by atoms with Crippen molar-refractivity contribution in [2.24, 2.45) is 0 Å².